The van der Waals surface area contributed by atoms with E-state index in [2.05, 4.69) is 5.32 Å². The van der Waals surface area contributed by atoms with E-state index in [-0.39, 0.29) is 12.3 Å². The van der Waals surface area contributed by atoms with E-state index in [1.54, 1.807) is 39.0 Å². The van der Waals surface area contributed by atoms with Gasteiger partial charge in [0.1, 0.15) is 0 Å². The Hall–Kier alpha value is -0.770. The second-order valence-corrected chi connectivity index (χ2v) is 5.64. The minimum absolute atomic E-state index is 0.0919. The molecule has 0 aliphatic heterocycles. The van der Waals surface area contributed by atoms with Crippen molar-refractivity contribution in [3.8, 4) is 0 Å². The lowest BCUT2D eigenvalue weighted by Crippen LogP contribution is -2.51. The summed E-state index contributed by atoms with van der Waals surface area (Å²) in [6.07, 6.45) is -0.558. The number of aliphatic hydroxyl groups is 1. The van der Waals surface area contributed by atoms with Crippen LogP contribution in [0.5, 0.6) is 0 Å². The minimum Gasteiger partial charge on any atom is -0.391 e. The molecule has 0 fully saturated rings. The first-order chi connectivity index (χ1) is 8.24. The van der Waals surface area contributed by atoms with Crippen LogP contribution in [0.4, 0.5) is 0 Å². The zero-order valence-corrected chi connectivity index (χ0v) is 12.1. The van der Waals surface area contributed by atoms with Gasteiger partial charge >= 0.3 is 0 Å². The lowest BCUT2D eigenvalue weighted by Gasteiger charge is -2.29. The summed E-state index contributed by atoms with van der Waals surface area (Å²) in [4.78, 5) is 11.9. The van der Waals surface area contributed by atoms with Gasteiger partial charge in [0.2, 0.25) is 5.91 Å². The van der Waals surface area contributed by atoms with E-state index in [4.69, 9.17) is 23.2 Å². The van der Waals surface area contributed by atoms with Crippen molar-refractivity contribution < 1.29 is 9.90 Å². The average molecular weight is 290 g/mol. The monoisotopic (exact) mass is 289 g/mol. The van der Waals surface area contributed by atoms with Gasteiger partial charge in [0.05, 0.1) is 18.1 Å². The van der Waals surface area contributed by atoms with E-state index < -0.39 is 11.6 Å². The Balaban J connectivity index is 2.77. The standard InChI is InChI=1S/C13H17Cl2NO2/c1-8(17)13(2,3)16-12(18)7-9-10(14)5-4-6-11(9)15/h4-6,8,17H,7H2,1-3H3,(H,16,18). The third kappa shape index (κ3) is 3.87. The van der Waals surface area contributed by atoms with E-state index in [1.165, 1.54) is 0 Å². The number of nitrogens with one attached hydrogen (secondary N) is 1. The maximum absolute atomic E-state index is 11.9. The largest absolute Gasteiger partial charge is 0.391 e. The number of aliphatic hydroxyl groups excluding tert-OH is 1. The summed E-state index contributed by atoms with van der Waals surface area (Å²) in [5, 5.41) is 13.2. The molecule has 0 aliphatic carbocycles. The Bertz CT molecular complexity index is 424. The number of carbonyl (C=O) groups is 1. The molecule has 1 aromatic rings. The Labute approximate surface area is 117 Å². The Kier molecular flexibility index (Phi) is 5.02. The van der Waals surface area contributed by atoms with Gasteiger partial charge in [-0.25, -0.2) is 0 Å². The molecule has 0 heterocycles. The van der Waals surface area contributed by atoms with Gasteiger partial charge in [0.15, 0.2) is 0 Å². The number of carbonyl (C=O) groups excluding carboxylic acids is 1. The van der Waals surface area contributed by atoms with Crippen molar-refractivity contribution in [2.24, 2.45) is 0 Å². The first-order valence-corrected chi connectivity index (χ1v) is 6.41. The maximum Gasteiger partial charge on any atom is 0.225 e. The van der Waals surface area contributed by atoms with Crippen LogP contribution in [0.15, 0.2) is 18.2 Å². The number of rotatable bonds is 4. The maximum atomic E-state index is 11.9. The Morgan fingerprint density at radius 1 is 1.39 bits per heavy atom. The van der Waals surface area contributed by atoms with E-state index in [0.29, 0.717) is 15.6 Å². The molecule has 3 nitrogen and oxygen atoms in total. The Morgan fingerprint density at radius 2 is 1.89 bits per heavy atom. The van der Waals surface area contributed by atoms with Crippen LogP contribution in [-0.2, 0) is 11.2 Å². The second kappa shape index (κ2) is 5.91. The van der Waals surface area contributed by atoms with E-state index >= 15 is 0 Å². The molecule has 1 rings (SSSR count). The zero-order valence-electron chi connectivity index (χ0n) is 10.6. The fraction of sp³-hybridized carbons (Fsp3) is 0.462. The molecule has 1 unspecified atom stereocenters. The highest BCUT2D eigenvalue weighted by molar-refractivity contribution is 6.36. The fourth-order valence-electron chi connectivity index (χ4n) is 1.37. The normalized spacial score (nSPS) is 13.2. The summed E-state index contributed by atoms with van der Waals surface area (Å²) in [5.41, 5.74) is -0.0927. The SMILES string of the molecule is CC(O)C(C)(C)NC(=O)Cc1c(Cl)cccc1Cl. The van der Waals surface area contributed by atoms with Crippen LogP contribution < -0.4 is 5.32 Å². The highest BCUT2D eigenvalue weighted by atomic mass is 35.5. The Morgan fingerprint density at radius 3 is 2.33 bits per heavy atom. The lowest BCUT2D eigenvalue weighted by molar-refractivity contribution is -0.123. The van der Waals surface area contributed by atoms with Crippen LogP contribution in [0, 0.1) is 0 Å². The summed E-state index contributed by atoms with van der Waals surface area (Å²) >= 11 is 12.0. The molecule has 0 spiro atoms. The molecule has 5 heteroatoms. The third-order valence-electron chi connectivity index (χ3n) is 2.91. The van der Waals surface area contributed by atoms with Gasteiger partial charge in [0.25, 0.3) is 0 Å². The van der Waals surface area contributed by atoms with Crippen molar-refractivity contribution in [3.05, 3.63) is 33.8 Å². The second-order valence-electron chi connectivity index (χ2n) is 4.82. The van der Waals surface area contributed by atoms with Crippen LogP contribution in [-0.4, -0.2) is 22.7 Å². The molecule has 1 aromatic carbocycles. The van der Waals surface area contributed by atoms with Gasteiger partial charge in [-0.2, -0.15) is 0 Å². The fourth-order valence-corrected chi connectivity index (χ4v) is 1.90. The van der Waals surface area contributed by atoms with Gasteiger partial charge in [-0.1, -0.05) is 29.3 Å². The van der Waals surface area contributed by atoms with Crippen LogP contribution >= 0.6 is 23.2 Å². The molecule has 0 radical (unpaired) electrons. The number of halogens is 2. The molecule has 1 amide bonds. The lowest BCUT2D eigenvalue weighted by atomic mass is 9.98. The molecule has 0 aromatic heterocycles. The smallest absolute Gasteiger partial charge is 0.225 e. The van der Waals surface area contributed by atoms with E-state index in [9.17, 15) is 9.90 Å². The van der Waals surface area contributed by atoms with Crippen molar-refractivity contribution in [1.29, 1.82) is 0 Å². The van der Waals surface area contributed by atoms with Crippen LogP contribution in [0.3, 0.4) is 0 Å². The van der Waals surface area contributed by atoms with Crippen molar-refractivity contribution in [3.63, 3.8) is 0 Å². The first kappa shape index (κ1) is 15.3. The summed E-state index contributed by atoms with van der Waals surface area (Å²) in [7, 11) is 0. The molecular formula is C13H17Cl2NO2. The van der Waals surface area contributed by atoms with Crippen LogP contribution in [0.25, 0.3) is 0 Å². The molecular weight excluding hydrogens is 273 g/mol. The van der Waals surface area contributed by atoms with Crippen molar-refractivity contribution in [2.45, 2.75) is 38.8 Å². The highest BCUT2D eigenvalue weighted by Crippen LogP contribution is 2.24. The molecule has 0 aliphatic rings. The number of hydrogen-bond acceptors (Lipinski definition) is 2. The molecule has 18 heavy (non-hydrogen) atoms. The highest BCUT2D eigenvalue weighted by Gasteiger charge is 2.26. The predicted octanol–water partition coefficient (Wildman–Crippen LogP) is 2.81. The zero-order chi connectivity index (χ0) is 13.9. The number of hydrogen-bond donors (Lipinski definition) is 2. The molecule has 100 valence electrons. The summed E-state index contributed by atoms with van der Waals surface area (Å²) in [5.74, 6) is -0.226. The van der Waals surface area contributed by atoms with Gasteiger partial charge in [-0.3, -0.25) is 4.79 Å². The topological polar surface area (TPSA) is 49.3 Å². The van der Waals surface area contributed by atoms with Gasteiger partial charge in [0, 0.05) is 10.0 Å². The predicted molar refractivity (Wildman–Crippen MR) is 74.1 cm³/mol. The van der Waals surface area contributed by atoms with Crippen LogP contribution in [0.2, 0.25) is 10.0 Å². The first-order valence-electron chi connectivity index (χ1n) is 5.66. The average Bonchev–Trinajstić information content (AvgIpc) is 2.22. The number of amides is 1. The molecule has 2 N–H and O–H groups in total. The van der Waals surface area contributed by atoms with Crippen molar-refractivity contribution in [2.75, 3.05) is 0 Å². The third-order valence-corrected chi connectivity index (χ3v) is 3.61. The quantitative estimate of drug-likeness (QED) is 0.896. The van der Waals surface area contributed by atoms with Crippen molar-refractivity contribution >= 4 is 29.1 Å². The summed E-state index contributed by atoms with van der Waals surface area (Å²) < 4.78 is 0. The molecule has 0 saturated heterocycles. The number of benzene rings is 1. The van der Waals surface area contributed by atoms with Gasteiger partial charge in [-0.15, -0.1) is 0 Å². The van der Waals surface area contributed by atoms with Crippen LogP contribution in [0.1, 0.15) is 26.3 Å². The van der Waals surface area contributed by atoms with Gasteiger partial charge in [-0.05, 0) is 38.5 Å². The van der Waals surface area contributed by atoms with Crippen molar-refractivity contribution in [1.82, 2.24) is 5.32 Å². The van der Waals surface area contributed by atoms with E-state index in [0.717, 1.165) is 0 Å². The van der Waals surface area contributed by atoms with E-state index in [1.807, 2.05) is 0 Å². The molecule has 1 atom stereocenters. The summed E-state index contributed by atoms with van der Waals surface area (Å²) in [6, 6.07) is 5.11. The molecule has 0 saturated carbocycles. The van der Waals surface area contributed by atoms with Gasteiger partial charge < -0.3 is 10.4 Å². The minimum atomic E-state index is -0.690. The summed E-state index contributed by atoms with van der Waals surface area (Å²) in [6.45, 7) is 5.14. The molecule has 0 bridgehead atoms.